The summed E-state index contributed by atoms with van der Waals surface area (Å²) in [7, 11) is 1.34. The van der Waals surface area contributed by atoms with Gasteiger partial charge in [-0.3, -0.25) is 4.79 Å². The summed E-state index contributed by atoms with van der Waals surface area (Å²) in [6.45, 7) is 2.87. The first-order chi connectivity index (χ1) is 9.40. The van der Waals surface area contributed by atoms with Gasteiger partial charge in [-0.2, -0.15) is 13.2 Å². The number of hydrogen-bond acceptors (Lipinski definition) is 3. The number of alkyl halides is 3. The first kappa shape index (κ1) is 17.0. The van der Waals surface area contributed by atoms with E-state index in [9.17, 15) is 27.9 Å². The number of aromatic nitrogens is 1. The lowest BCUT2D eigenvalue weighted by Gasteiger charge is -2.25. The van der Waals surface area contributed by atoms with Crippen LogP contribution in [0.15, 0.2) is 17.1 Å². The van der Waals surface area contributed by atoms with Gasteiger partial charge in [0, 0.05) is 13.2 Å². The number of pyridine rings is 1. The number of urea groups is 1. The van der Waals surface area contributed by atoms with E-state index >= 15 is 0 Å². The lowest BCUT2D eigenvalue weighted by Crippen LogP contribution is -2.42. The molecular formula is C12H16F3N3O3. The van der Waals surface area contributed by atoms with Crippen molar-refractivity contribution in [2.45, 2.75) is 25.6 Å². The average molecular weight is 307 g/mol. The van der Waals surface area contributed by atoms with Gasteiger partial charge in [0.25, 0.3) is 5.56 Å². The van der Waals surface area contributed by atoms with Gasteiger partial charge in [-0.25, -0.2) is 4.79 Å². The zero-order valence-electron chi connectivity index (χ0n) is 11.7. The second-order valence-electron chi connectivity index (χ2n) is 5.23. The first-order valence-corrected chi connectivity index (χ1v) is 5.94. The number of rotatable bonds is 3. The molecule has 0 unspecified atom stereocenters. The number of nitrogens with zero attached hydrogens (tertiary/aromatic N) is 1. The summed E-state index contributed by atoms with van der Waals surface area (Å²) in [5, 5.41) is 11.6. The first-order valence-electron chi connectivity index (χ1n) is 5.94. The molecule has 0 aliphatic rings. The van der Waals surface area contributed by atoms with Crippen molar-refractivity contribution < 1.29 is 23.1 Å². The predicted molar refractivity (Wildman–Crippen MR) is 70.0 cm³/mol. The van der Waals surface area contributed by atoms with Gasteiger partial charge in [0.2, 0.25) is 0 Å². The van der Waals surface area contributed by atoms with Gasteiger partial charge in [0.15, 0.2) is 0 Å². The minimum Gasteiger partial charge on any atom is -0.389 e. The lowest BCUT2D eigenvalue weighted by molar-refractivity contribution is -0.137. The zero-order chi connectivity index (χ0) is 16.4. The third kappa shape index (κ3) is 5.10. The Morgan fingerprint density at radius 2 is 2.00 bits per heavy atom. The van der Waals surface area contributed by atoms with E-state index in [1.165, 1.54) is 20.9 Å². The number of amides is 2. The summed E-state index contributed by atoms with van der Waals surface area (Å²) in [6.07, 6.45) is -4.11. The van der Waals surface area contributed by atoms with Gasteiger partial charge in [-0.15, -0.1) is 0 Å². The van der Waals surface area contributed by atoms with E-state index in [0.717, 1.165) is 4.90 Å². The number of carbonyl (C=O) groups is 1. The van der Waals surface area contributed by atoms with E-state index in [-0.39, 0.29) is 6.54 Å². The van der Waals surface area contributed by atoms with Crippen molar-refractivity contribution >= 4 is 11.7 Å². The van der Waals surface area contributed by atoms with Crippen LogP contribution < -0.4 is 10.9 Å². The van der Waals surface area contributed by atoms with Gasteiger partial charge in [0.05, 0.1) is 17.7 Å². The van der Waals surface area contributed by atoms with Crippen molar-refractivity contribution in [2.75, 3.05) is 18.9 Å². The normalized spacial score (nSPS) is 12.1. The molecule has 0 aromatic carbocycles. The van der Waals surface area contributed by atoms with Gasteiger partial charge in [0.1, 0.15) is 5.69 Å². The SMILES string of the molecule is CN(CC(C)(C)O)C(=O)Nc1cc(C(F)(F)F)c[nH]c1=O. The molecule has 9 heteroatoms. The van der Waals surface area contributed by atoms with E-state index in [2.05, 4.69) is 5.32 Å². The molecule has 21 heavy (non-hydrogen) atoms. The van der Waals surface area contributed by atoms with Crippen molar-refractivity contribution in [2.24, 2.45) is 0 Å². The lowest BCUT2D eigenvalue weighted by atomic mass is 10.1. The summed E-state index contributed by atoms with van der Waals surface area (Å²) in [5.74, 6) is 0. The Bertz CT molecular complexity index is 576. The molecule has 6 nitrogen and oxygen atoms in total. The molecule has 0 aliphatic carbocycles. The maximum absolute atomic E-state index is 12.5. The van der Waals surface area contributed by atoms with E-state index in [4.69, 9.17) is 0 Å². The maximum atomic E-state index is 12.5. The molecule has 1 aromatic rings. The van der Waals surface area contributed by atoms with Crippen molar-refractivity contribution in [3.8, 4) is 0 Å². The molecule has 2 amide bonds. The predicted octanol–water partition coefficient (Wildman–Crippen LogP) is 1.63. The third-order valence-electron chi connectivity index (χ3n) is 2.44. The molecule has 0 spiro atoms. The highest BCUT2D eigenvalue weighted by Crippen LogP contribution is 2.29. The van der Waals surface area contributed by atoms with Crippen LogP contribution in [0.5, 0.6) is 0 Å². The Hall–Kier alpha value is -2.03. The second-order valence-corrected chi connectivity index (χ2v) is 5.23. The van der Waals surface area contributed by atoms with Gasteiger partial charge in [-0.1, -0.05) is 0 Å². The number of likely N-dealkylation sites (N-methyl/N-ethyl adjacent to an activating group) is 1. The molecule has 0 saturated carbocycles. The molecule has 1 heterocycles. The summed E-state index contributed by atoms with van der Waals surface area (Å²) in [5.41, 5.74) is -3.63. The number of anilines is 1. The van der Waals surface area contributed by atoms with Crippen molar-refractivity contribution in [1.29, 1.82) is 0 Å². The quantitative estimate of drug-likeness (QED) is 0.793. The zero-order valence-corrected chi connectivity index (χ0v) is 11.7. The Labute approximate surface area is 118 Å². The van der Waals surface area contributed by atoms with Crippen LogP contribution in [-0.4, -0.2) is 40.2 Å². The van der Waals surface area contributed by atoms with Crippen LogP contribution in [0.3, 0.4) is 0 Å². The van der Waals surface area contributed by atoms with E-state index in [1.807, 2.05) is 4.98 Å². The van der Waals surface area contributed by atoms with E-state index in [0.29, 0.717) is 12.3 Å². The Morgan fingerprint density at radius 3 is 2.48 bits per heavy atom. The Kier molecular flexibility index (Phi) is 4.67. The molecule has 0 atom stereocenters. The van der Waals surface area contributed by atoms with Crippen molar-refractivity contribution in [3.05, 3.63) is 28.2 Å². The average Bonchev–Trinajstić information content (AvgIpc) is 2.28. The largest absolute Gasteiger partial charge is 0.417 e. The van der Waals surface area contributed by atoms with Gasteiger partial charge < -0.3 is 20.3 Å². The molecule has 118 valence electrons. The van der Waals surface area contributed by atoms with E-state index < -0.39 is 34.6 Å². The van der Waals surface area contributed by atoms with Crippen LogP contribution in [0.25, 0.3) is 0 Å². The number of H-pyrrole nitrogens is 1. The van der Waals surface area contributed by atoms with Gasteiger partial charge in [-0.05, 0) is 19.9 Å². The Balaban J connectivity index is 2.93. The standard InChI is InChI=1S/C12H16F3N3O3/c1-11(2,21)6-18(3)10(20)17-8-4-7(12(13,14)15)5-16-9(8)19/h4-5,21H,6H2,1-3H3,(H,16,19)(H,17,20). The highest BCUT2D eigenvalue weighted by Gasteiger charge is 2.31. The number of aromatic amines is 1. The maximum Gasteiger partial charge on any atom is 0.417 e. The van der Waals surface area contributed by atoms with Crippen LogP contribution in [-0.2, 0) is 6.18 Å². The molecule has 0 aliphatic heterocycles. The molecule has 0 fully saturated rings. The number of hydrogen-bond donors (Lipinski definition) is 3. The smallest absolute Gasteiger partial charge is 0.389 e. The fourth-order valence-electron chi connectivity index (χ4n) is 1.60. The highest BCUT2D eigenvalue weighted by molar-refractivity contribution is 5.89. The van der Waals surface area contributed by atoms with Gasteiger partial charge >= 0.3 is 12.2 Å². The summed E-state index contributed by atoms with van der Waals surface area (Å²) in [4.78, 5) is 26.2. The fraction of sp³-hybridized carbons (Fsp3) is 0.500. The second kappa shape index (κ2) is 5.76. The van der Waals surface area contributed by atoms with Crippen molar-refractivity contribution in [3.63, 3.8) is 0 Å². The van der Waals surface area contributed by atoms with Crippen LogP contribution in [0.1, 0.15) is 19.4 Å². The number of halogens is 3. The molecule has 0 bridgehead atoms. The van der Waals surface area contributed by atoms with Crippen LogP contribution >= 0.6 is 0 Å². The molecule has 0 saturated heterocycles. The molecular weight excluding hydrogens is 291 g/mol. The fourth-order valence-corrected chi connectivity index (χ4v) is 1.60. The highest BCUT2D eigenvalue weighted by atomic mass is 19.4. The van der Waals surface area contributed by atoms with E-state index in [1.54, 1.807) is 0 Å². The van der Waals surface area contributed by atoms with Crippen LogP contribution in [0, 0.1) is 0 Å². The van der Waals surface area contributed by atoms with Crippen LogP contribution in [0.2, 0.25) is 0 Å². The topological polar surface area (TPSA) is 85.4 Å². The van der Waals surface area contributed by atoms with Crippen molar-refractivity contribution in [1.82, 2.24) is 9.88 Å². The molecule has 1 rings (SSSR count). The Morgan fingerprint density at radius 1 is 1.43 bits per heavy atom. The minimum absolute atomic E-state index is 0.0598. The summed E-state index contributed by atoms with van der Waals surface area (Å²) >= 11 is 0. The minimum atomic E-state index is -4.64. The summed E-state index contributed by atoms with van der Waals surface area (Å²) in [6, 6.07) is -0.253. The number of aliphatic hydroxyl groups is 1. The monoisotopic (exact) mass is 307 g/mol. The molecule has 1 aromatic heterocycles. The number of carbonyl (C=O) groups excluding carboxylic acids is 1. The van der Waals surface area contributed by atoms with Crippen LogP contribution in [0.4, 0.5) is 23.7 Å². The summed E-state index contributed by atoms with van der Waals surface area (Å²) < 4.78 is 37.6. The molecule has 0 radical (unpaired) electrons. The molecule has 3 N–H and O–H groups in total. The third-order valence-corrected chi connectivity index (χ3v) is 2.44. The number of nitrogens with one attached hydrogen (secondary N) is 2.